The Hall–Kier alpha value is -0.870. The molecule has 0 heterocycles. The van der Waals surface area contributed by atoms with E-state index in [2.05, 4.69) is 54.5 Å². The molecule has 5 rings (SSSR count). The van der Waals surface area contributed by atoms with Crippen molar-refractivity contribution in [1.82, 2.24) is 0 Å². The van der Waals surface area contributed by atoms with E-state index in [1.54, 1.807) is 0 Å². The van der Waals surface area contributed by atoms with E-state index in [0.717, 1.165) is 51.4 Å². The van der Waals surface area contributed by atoms with Gasteiger partial charge in [0.05, 0.1) is 24.7 Å². The molecule has 10 atom stereocenters. The Morgan fingerprint density at radius 3 is 2.23 bits per heavy atom. The Balaban J connectivity index is 1.60. The first-order chi connectivity index (χ1) is 16.1. The topological polar surface area (TPSA) is 66.8 Å². The van der Waals surface area contributed by atoms with Crippen molar-refractivity contribution < 1.29 is 19.7 Å². The van der Waals surface area contributed by atoms with E-state index in [-0.39, 0.29) is 45.1 Å². The van der Waals surface area contributed by atoms with E-state index in [0.29, 0.717) is 11.8 Å². The van der Waals surface area contributed by atoms with Gasteiger partial charge in [-0.2, -0.15) is 0 Å². The lowest BCUT2D eigenvalue weighted by molar-refractivity contribution is -0.224. The smallest absolute Gasteiger partial charge is 0.311 e. The Morgan fingerprint density at radius 2 is 1.57 bits per heavy atom. The molecule has 0 aromatic rings. The summed E-state index contributed by atoms with van der Waals surface area (Å²) in [5.74, 6) is 0.830. The van der Waals surface area contributed by atoms with Gasteiger partial charge in [-0.1, -0.05) is 53.2 Å². The fourth-order valence-corrected chi connectivity index (χ4v) is 10.9. The van der Waals surface area contributed by atoms with Crippen molar-refractivity contribution in [2.75, 3.05) is 7.11 Å². The Labute approximate surface area is 213 Å². The maximum Gasteiger partial charge on any atom is 0.311 e. The molecule has 0 aliphatic heterocycles. The normalized spacial score (nSPS) is 54.9. The highest BCUT2D eigenvalue weighted by atomic mass is 16.5. The number of aliphatic hydroxyl groups is 2. The SMILES string of the molecule is COC(=O)[C@@]1(C)CC[C@]2(C)CC[C@]3(C)C(=C[C@@H](O)[C@@H]4[C@@]5(C)CC[C@H](O)C(C)(C)[C@@H]5CC[C@]43C)[C@@H]2C1. The van der Waals surface area contributed by atoms with E-state index < -0.39 is 11.5 Å². The van der Waals surface area contributed by atoms with Gasteiger partial charge in [0.2, 0.25) is 0 Å². The van der Waals surface area contributed by atoms with Gasteiger partial charge in [-0.25, -0.2) is 0 Å². The van der Waals surface area contributed by atoms with E-state index in [4.69, 9.17) is 4.74 Å². The number of esters is 1. The third-order valence-corrected chi connectivity index (χ3v) is 13.4. The zero-order valence-corrected chi connectivity index (χ0v) is 23.5. The first kappa shape index (κ1) is 25.8. The van der Waals surface area contributed by atoms with Gasteiger partial charge in [0.25, 0.3) is 0 Å². The fourth-order valence-electron chi connectivity index (χ4n) is 10.9. The minimum atomic E-state index is -0.476. The third-order valence-electron chi connectivity index (χ3n) is 13.4. The maximum atomic E-state index is 12.8. The summed E-state index contributed by atoms with van der Waals surface area (Å²) in [5, 5.41) is 22.9. The van der Waals surface area contributed by atoms with Crippen LogP contribution in [0.25, 0.3) is 0 Å². The van der Waals surface area contributed by atoms with Gasteiger partial charge in [-0.15, -0.1) is 0 Å². The van der Waals surface area contributed by atoms with Gasteiger partial charge in [0.15, 0.2) is 0 Å². The van der Waals surface area contributed by atoms with Crippen LogP contribution in [-0.4, -0.2) is 35.5 Å². The number of fused-ring (bicyclic) bond motifs is 7. The minimum absolute atomic E-state index is 0.000562. The molecule has 4 nitrogen and oxygen atoms in total. The van der Waals surface area contributed by atoms with Crippen molar-refractivity contribution in [2.45, 2.75) is 118 Å². The van der Waals surface area contributed by atoms with Crippen LogP contribution in [-0.2, 0) is 9.53 Å². The molecule has 0 unspecified atom stereocenters. The molecule has 0 aromatic heterocycles. The van der Waals surface area contributed by atoms with Crippen LogP contribution in [0.15, 0.2) is 11.6 Å². The minimum Gasteiger partial charge on any atom is -0.469 e. The molecule has 198 valence electrons. The monoisotopic (exact) mass is 486 g/mol. The average molecular weight is 487 g/mol. The first-order valence-corrected chi connectivity index (χ1v) is 14.3. The molecule has 0 saturated heterocycles. The molecule has 0 aromatic carbocycles. The predicted octanol–water partition coefficient (Wildman–Crippen LogP) is 6.29. The standard InChI is InChI=1S/C31H50O4/c1-26(2)22-9-12-31(7)24(29(22,5)11-10-23(26)33)21(32)17-19-20-18-28(4,25(34)35-8)14-13-27(20,3)15-16-30(19,31)6/h17,20-24,32-33H,9-16,18H2,1-8H3/t20-,21+,22-,23-,24+,27+,28-,29-,30+,31+/m0/s1. The van der Waals surface area contributed by atoms with Crippen molar-refractivity contribution in [1.29, 1.82) is 0 Å². The first-order valence-electron chi connectivity index (χ1n) is 14.3. The van der Waals surface area contributed by atoms with Gasteiger partial charge in [-0.3, -0.25) is 4.79 Å². The molecule has 0 amide bonds. The largest absolute Gasteiger partial charge is 0.469 e. The number of allylic oxidation sites excluding steroid dienone is 1. The highest BCUT2D eigenvalue weighted by Gasteiger charge is 2.70. The number of hydrogen-bond donors (Lipinski definition) is 2. The van der Waals surface area contributed by atoms with E-state index in [1.165, 1.54) is 19.1 Å². The number of carbonyl (C=O) groups excluding carboxylic acids is 1. The molecule has 0 spiro atoms. The molecule has 35 heavy (non-hydrogen) atoms. The molecule has 5 aliphatic carbocycles. The second kappa shape index (κ2) is 7.59. The maximum absolute atomic E-state index is 12.8. The summed E-state index contributed by atoms with van der Waals surface area (Å²) in [4.78, 5) is 12.8. The molecule has 5 aliphatic rings. The lowest BCUT2D eigenvalue weighted by atomic mass is 9.33. The quantitative estimate of drug-likeness (QED) is 0.337. The second-order valence-electron chi connectivity index (χ2n) is 15.3. The molecule has 2 N–H and O–H groups in total. The van der Waals surface area contributed by atoms with Gasteiger partial charge < -0.3 is 14.9 Å². The zero-order chi connectivity index (χ0) is 25.8. The van der Waals surface area contributed by atoms with Crippen molar-refractivity contribution >= 4 is 5.97 Å². The number of hydrogen-bond acceptors (Lipinski definition) is 4. The summed E-state index contributed by atoms with van der Waals surface area (Å²) in [6.07, 6.45) is 10.6. The van der Waals surface area contributed by atoms with E-state index in [9.17, 15) is 15.0 Å². The van der Waals surface area contributed by atoms with Crippen LogP contribution >= 0.6 is 0 Å². The van der Waals surface area contributed by atoms with Crippen molar-refractivity contribution in [2.24, 2.45) is 50.2 Å². The molecule has 0 bridgehead atoms. The predicted molar refractivity (Wildman–Crippen MR) is 138 cm³/mol. The molecule has 4 heteroatoms. The Morgan fingerprint density at radius 1 is 0.914 bits per heavy atom. The van der Waals surface area contributed by atoms with Gasteiger partial charge >= 0.3 is 5.97 Å². The average Bonchev–Trinajstić information content (AvgIpc) is 2.78. The lowest BCUT2D eigenvalue weighted by Crippen LogP contribution is -2.67. The third kappa shape index (κ3) is 3.14. The summed E-state index contributed by atoms with van der Waals surface area (Å²) in [5.41, 5.74) is 1.06. The molecule has 4 saturated carbocycles. The number of carbonyl (C=O) groups is 1. The van der Waals surface area contributed by atoms with Crippen LogP contribution in [0.4, 0.5) is 0 Å². The summed E-state index contributed by atoms with van der Waals surface area (Å²) in [7, 11) is 1.52. The van der Waals surface area contributed by atoms with E-state index >= 15 is 0 Å². The van der Waals surface area contributed by atoms with E-state index in [1.807, 2.05) is 0 Å². The van der Waals surface area contributed by atoms with Crippen molar-refractivity contribution in [3.05, 3.63) is 11.6 Å². The lowest BCUT2D eigenvalue weighted by Gasteiger charge is -2.72. The molecule has 4 fully saturated rings. The number of ether oxygens (including phenoxy) is 1. The Kier molecular flexibility index (Phi) is 5.59. The molecule has 0 radical (unpaired) electrons. The molecular formula is C31H50O4. The van der Waals surface area contributed by atoms with Crippen molar-refractivity contribution in [3.63, 3.8) is 0 Å². The molecular weight excluding hydrogens is 436 g/mol. The van der Waals surface area contributed by atoms with Gasteiger partial charge in [0, 0.05) is 5.92 Å². The summed E-state index contributed by atoms with van der Waals surface area (Å²) in [6.45, 7) is 16.4. The number of aliphatic hydroxyl groups excluding tert-OH is 2. The second-order valence-corrected chi connectivity index (χ2v) is 15.3. The highest BCUT2D eigenvalue weighted by Crippen LogP contribution is 2.75. The number of rotatable bonds is 1. The summed E-state index contributed by atoms with van der Waals surface area (Å²) in [6, 6.07) is 0. The van der Waals surface area contributed by atoms with Crippen LogP contribution in [0.2, 0.25) is 0 Å². The van der Waals surface area contributed by atoms with Gasteiger partial charge in [0.1, 0.15) is 0 Å². The number of methoxy groups -OCH3 is 1. The fraction of sp³-hybridized carbons (Fsp3) is 0.903. The van der Waals surface area contributed by atoms with Crippen molar-refractivity contribution in [3.8, 4) is 0 Å². The van der Waals surface area contributed by atoms with Crippen LogP contribution in [0.5, 0.6) is 0 Å². The Bertz CT molecular complexity index is 938. The zero-order valence-electron chi connectivity index (χ0n) is 23.5. The highest BCUT2D eigenvalue weighted by molar-refractivity contribution is 5.76. The van der Waals surface area contributed by atoms with Crippen LogP contribution in [0.3, 0.4) is 0 Å². The summed E-state index contributed by atoms with van der Waals surface area (Å²) >= 11 is 0. The van der Waals surface area contributed by atoms with Crippen LogP contribution in [0, 0.1) is 50.2 Å². The van der Waals surface area contributed by atoms with Gasteiger partial charge in [-0.05, 0) is 104 Å². The van der Waals surface area contributed by atoms with Crippen LogP contribution in [0.1, 0.15) is 106 Å². The van der Waals surface area contributed by atoms with Crippen LogP contribution < -0.4 is 0 Å². The summed E-state index contributed by atoms with van der Waals surface area (Å²) < 4.78 is 5.27.